The van der Waals surface area contributed by atoms with Crippen molar-refractivity contribution in [2.75, 3.05) is 18.9 Å². The third-order valence-electron chi connectivity index (χ3n) is 3.49. The van der Waals surface area contributed by atoms with Crippen LogP contribution in [0.2, 0.25) is 0 Å². The summed E-state index contributed by atoms with van der Waals surface area (Å²) in [5, 5.41) is 5.53. The molecular formula is C13H16F2N2O. The smallest absolute Gasteiger partial charge is 0.231 e. The van der Waals surface area contributed by atoms with Gasteiger partial charge in [0.1, 0.15) is 11.6 Å². The van der Waals surface area contributed by atoms with Gasteiger partial charge in [-0.3, -0.25) is 4.79 Å². The first kappa shape index (κ1) is 13.0. The fraction of sp³-hybridized carbons (Fsp3) is 0.462. The molecule has 98 valence electrons. The van der Waals surface area contributed by atoms with E-state index in [1.165, 1.54) is 6.07 Å². The molecule has 3 nitrogen and oxygen atoms in total. The van der Waals surface area contributed by atoms with E-state index in [0.717, 1.165) is 31.4 Å². The van der Waals surface area contributed by atoms with Gasteiger partial charge in [0.15, 0.2) is 0 Å². The van der Waals surface area contributed by atoms with Gasteiger partial charge < -0.3 is 10.6 Å². The Morgan fingerprint density at radius 2 is 2.11 bits per heavy atom. The number of hydrogen-bond donors (Lipinski definition) is 2. The van der Waals surface area contributed by atoms with Crippen LogP contribution in [0.1, 0.15) is 19.3 Å². The Morgan fingerprint density at radius 1 is 1.39 bits per heavy atom. The first-order valence-electron chi connectivity index (χ1n) is 5.98. The molecule has 0 atom stereocenters. The van der Waals surface area contributed by atoms with Crippen molar-refractivity contribution in [3.63, 3.8) is 0 Å². The fourth-order valence-electron chi connectivity index (χ4n) is 2.27. The molecule has 1 amide bonds. The van der Waals surface area contributed by atoms with Gasteiger partial charge in [-0.15, -0.1) is 0 Å². The summed E-state index contributed by atoms with van der Waals surface area (Å²) in [6, 6.07) is 3.14. The van der Waals surface area contributed by atoms with E-state index in [1.54, 1.807) is 7.05 Å². The van der Waals surface area contributed by atoms with Gasteiger partial charge in [0.05, 0.1) is 11.1 Å². The number of hydrogen-bond acceptors (Lipinski definition) is 2. The van der Waals surface area contributed by atoms with Crippen LogP contribution >= 0.6 is 0 Å². The summed E-state index contributed by atoms with van der Waals surface area (Å²) in [4.78, 5) is 12.1. The van der Waals surface area contributed by atoms with Crippen LogP contribution in [0.25, 0.3) is 0 Å². The minimum Gasteiger partial charge on any atom is -0.323 e. The summed E-state index contributed by atoms with van der Waals surface area (Å²) >= 11 is 0. The molecule has 5 heteroatoms. The van der Waals surface area contributed by atoms with Crippen LogP contribution in [0.5, 0.6) is 0 Å². The van der Waals surface area contributed by atoms with Crippen molar-refractivity contribution >= 4 is 11.6 Å². The maximum absolute atomic E-state index is 13.4. The predicted octanol–water partition coefficient (Wildman–Crippen LogP) is 2.29. The maximum atomic E-state index is 13.4. The predicted molar refractivity (Wildman–Crippen MR) is 65.2 cm³/mol. The molecular weight excluding hydrogens is 238 g/mol. The van der Waals surface area contributed by atoms with Crippen LogP contribution < -0.4 is 10.6 Å². The van der Waals surface area contributed by atoms with E-state index in [1.807, 2.05) is 0 Å². The van der Waals surface area contributed by atoms with Gasteiger partial charge in [0.25, 0.3) is 0 Å². The van der Waals surface area contributed by atoms with Gasteiger partial charge in [0.2, 0.25) is 5.91 Å². The summed E-state index contributed by atoms with van der Waals surface area (Å²) in [6.07, 6.45) is 2.59. The van der Waals surface area contributed by atoms with Crippen LogP contribution in [-0.2, 0) is 4.79 Å². The highest BCUT2D eigenvalue weighted by Crippen LogP contribution is 2.41. The maximum Gasteiger partial charge on any atom is 0.231 e. The van der Waals surface area contributed by atoms with Crippen LogP contribution in [0.3, 0.4) is 0 Å². The molecule has 0 bridgehead atoms. The molecule has 0 heterocycles. The second kappa shape index (κ2) is 5.02. The highest BCUT2D eigenvalue weighted by atomic mass is 19.1. The molecule has 0 unspecified atom stereocenters. The number of rotatable bonds is 4. The molecule has 0 saturated heterocycles. The largest absolute Gasteiger partial charge is 0.323 e. The normalized spacial score (nSPS) is 17.1. The van der Waals surface area contributed by atoms with E-state index < -0.39 is 17.0 Å². The molecule has 0 spiro atoms. The Balaban J connectivity index is 2.11. The number of carbonyl (C=O) groups is 1. The van der Waals surface area contributed by atoms with E-state index in [2.05, 4.69) is 10.6 Å². The molecule has 1 aliphatic rings. The number of anilines is 1. The highest BCUT2D eigenvalue weighted by molar-refractivity contribution is 5.96. The average molecular weight is 254 g/mol. The van der Waals surface area contributed by atoms with E-state index in [-0.39, 0.29) is 11.6 Å². The van der Waals surface area contributed by atoms with Gasteiger partial charge >= 0.3 is 0 Å². The van der Waals surface area contributed by atoms with E-state index in [0.29, 0.717) is 6.54 Å². The lowest BCUT2D eigenvalue weighted by Crippen LogP contribution is -2.48. The van der Waals surface area contributed by atoms with Crippen LogP contribution in [-0.4, -0.2) is 19.5 Å². The Kier molecular flexibility index (Phi) is 3.61. The van der Waals surface area contributed by atoms with E-state index >= 15 is 0 Å². The fourth-order valence-corrected chi connectivity index (χ4v) is 2.27. The van der Waals surface area contributed by atoms with Crippen molar-refractivity contribution in [3.8, 4) is 0 Å². The Hall–Kier alpha value is -1.49. The van der Waals surface area contributed by atoms with Gasteiger partial charge in [-0.05, 0) is 32.0 Å². The zero-order valence-electron chi connectivity index (χ0n) is 10.2. The molecule has 1 aromatic carbocycles. The third kappa shape index (κ3) is 2.36. The van der Waals surface area contributed by atoms with Crippen molar-refractivity contribution in [3.05, 3.63) is 29.8 Å². The second-order valence-corrected chi connectivity index (χ2v) is 4.74. The highest BCUT2D eigenvalue weighted by Gasteiger charge is 2.43. The van der Waals surface area contributed by atoms with Crippen LogP contribution in [0.4, 0.5) is 14.5 Å². The SMILES string of the molecule is CNCC1(C(=O)Nc2ccc(F)cc2F)CCC1. The number of nitrogens with one attached hydrogen (secondary N) is 2. The lowest BCUT2D eigenvalue weighted by Gasteiger charge is -2.40. The first-order valence-corrected chi connectivity index (χ1v) is 5.98. The topological polar surface area (TPSA) is 41.1 Å². The molecule has 1 aromatic rings. The van der Waals surface area contributed by atoms with Crippen LogP contribution in [0.15, 0.2) is 18.2 Å². The van der Waals surface area contributed by atoms with Crippen molar-refractivity contribution < 1.29 is 13.6 Å². The summed E-state index contributed by atoms with van der Waals surface area (Å²) in [7, 11) is 1.78. The molecule has 2 rings (SSSR count). The molecule has 2 N–H and O–H groups in total. The van der Waals surface area contributed by atoms with Gasteiger partial charge in [-0.1, -0.05) is 6.42 Å². The van der Waals surface area contributed by atoms with Gasteiger partial charge in [-0.25, -0.2) is 8.78 Å². The molecule has 1 saturated carbocycles. The standard InChI is InChI=1S/C13H16F2N2O/c1-16-8-13(5-2-6-13)12(18)17-11-4-3-9(14)7-10(11)15/h3-4,7,16H,2,5-6,8H2,1H3,(H,17,18). The monoisotopic (exact) mass is 254 g/mol. The Morgan fingerprint density at radius 3 is 2.61 bits per heavy atom. The van der Waals surface area contributed by atoms with Crippen molar-refractivity contribution in [2.24, 2.45) is 5.41 Å². The number of amides is 1. The summed E-state index contributed by atoms with van der Waals surface area (Å²) < 4.78 is 26.2. The Labute approximate surface area is 105 Å². The molecule has 1 fully saturated rings. The number of benzene rings is 1. The van der Waals surface area contributed by atoms with E-state index in [9.17, 15) is 13.6 Å². The van der Waals surface area contributed by atoms with Crippen LogP contribution in [0, 0.1) is 17.0 Å². The van der Waals surface area contributed by atoms with E-state index in [4.69, 9.17) is 0 Å². The zero-order chi connectivity index (χ0) is 13.2. The summed E-state index contributed by atoms with van der Waals surface area (Å²) in [5.74, 6) is -1.60. The van der Waals surface area contributed by atoms with Crippen molar-refractivity contribution in [2.45, 2.75) is 19.3 Å². The third-order valence-corrected chi connectivity index (χ3v) is 3.49. The molecule has 18 heavy (non-hydrogen) atoms. The average Bonchev–Trinajstić information content (AvgIpc) is 2.27. The molecule has 0 radical (unpaired) electrons. The van der Waals surface area contributed by atoms with Crippen molar-refractivity contribution in [1.29, 1.82) is 0 Å². The second-order valence-electron chi connectivity index (χ2n) is 4.74. The van der Waals surface area contributed by atoms with Crippen molar-refractivity contribution in [1.82, 2.24) is 5.32 Å². The lowest BCUT2D eigenvalue weighted by atomic mass is 9.68. The summed E-state index contributed by atoms with van der Waals surface area (Å²) in [5.41, 5.74) is -0.418. The molecule has 0 aromatic heterocycles. The first-order chi connectivity index (χ1) is 8.57. The minimum atomic E-state index is -0.748. The minimum absolute atomic E-state index is 0.0313. The lowest BCUT2D eigenvalue weighted by molar-refractivity contribution is -0.129. The van der Waals surface area contributed by atoms with Gasteiger partial charge in [-0.2, -0.15) is 0 Å². The number of carbonyl (C=O) groups excluding carboxylic acids is 1. The molecule has 1 aliphatic carbocycles. The number of halogens is 2. The molecule has 0 aliphatic heterocycles. The quantitative estimate of drug-likeness (QED) is 0.865. The van der Waals surface area contributed by atoms with Gasteiger partial charge in [0, 0.05) is 12.6 Å². The zero-order valence-corrected chi connectivity index (χ0v) is 10.2. The summed E-state index contributed by atoms with van der Waals surface area (Å²) in [6.45, 7) is 0.571. The Bertz CT molecular complexity index is 458.